The first-order valence-electron chi connectivity index (χ1n) is 10.9. The summed E-state index contributed by atoms with van der Waals surface area (Å²) in [6, 6.07) is 6.12. The van der Waals surface area contributed by atoms with Crippen LogP contribution >= 0.6 is 0 Å². The maximum Gasteiger partial charge on any atom is 0.303 e. The topological polar surface area (TPSA) is 68.2 Å². The predicted octanol–water partition coefficient (Wildman–Crippen LogP) is 3.89. The van der Waals surface area contributed by atoms with Gasteiger partial charge in [0.2, 0.25) is 0 Å². The van der Waals surface area contributed by atoms with E-state index in [1.807, 2.05) is 19.1 Å². The number of hydrogen-bond donors (Lipinski definition) is 1. The molecule has 0 radical (unpaired) electrons. The second-order valence-corrected chi connectivity index (χ2v) is 9.10. The summed E-state index contributed by atoms with van der Waals surface area (Å²) in [7, 11) is 0. The van der Waals surface area contributed by atoms with E-state index >= 15 is 0 Å². The summed E-state index contributed by atoms with van der Waals surface area (Å²) >= 11 is 0. The Balaban J connectivity index is 1.51. The number of benzene rings is 1. The second-order valence-electron chi connectivity index (χ2n) is 9.10. The monoisotopic (exact) mass is 403 g/mol. The van der Waals surface area contributed by atoms with Crippen molar-refractivity contribution in [1.29, 1.82) is 0 Å². The third kappa shape index (κ3) is 4.10. The van der Waals surface area contributed by atoms with Gasteiger partial charge in [-0.05, 0) is 58.6 Å². The fraction of sp³-hybridized carbons (Fsp3) is 0.696. The molecule has 6 nitrogen and oxygen atoms in total. The van der Waals surface area contributed by atoms with Crippen molar-refractivity contribution in [1.82, 2.24) is 4.90 Å². The number of nitrogens with zero attached hydrogens (tertiary/aromatic N) is 1. The van der Waals surface area contributed by atoms with Crippen LogP contribution in [0.4, 0.5) is 0 Å². The van der Waals surface area contributed by atoms with E-state index in [-0.39, 0.29) is 30.1 Å². The zero-order valence-electron chi connectivity index (χ0n) is 17.7. The first kappa shape index (κ1) is 20.5. The number of carbonyl (C=O) groups is 1. The smallest absolute Gasteiger partial charge is 0.303 e. The molecule has 6 heteroatoms. The molecular formula is C23H33NO5. The lowest BCUT2D eigenvalue weighted by Crippen LogP contribution is -2.55. The number of aliphatic carboxylic acids is 1. The van der Waals surface area contributed by atoms with Crippen LogP contribution in [0.3, 0.4) is 0 Å². The molecule has 0 saturated carbocycles. The van der Waals surface area contributed by atoms with E-state index in [4.69, 9.17) is 19.3 Å². The van der Waals surface area contributed by atoms with Crippen molar-refractivity contribution in [3.8, 4) is 11.5 Å². The van der Waals surface area contributed by atoms with Crippen molar-refractivity contribution >= 4 is 5.97 Å². The molecule has 0 aromatic heterocycles. The maximum absolute atomic E-state index is 10.8. The van der Waals surface area contributed by atoms with E-state index in [9.17, 15) is 4.79 Å². The van der Waals surface area contributed by atoms with Gasteiger partial charge in [0, 0.05) is 31.0 Å². The summed E-state index contributed by atoms with van der Waals surface area (Å²) in [6.07, 6.45) is 3.31. The van der Waals surface area contributed by atoms with Crippen LogP contribution in [0.2, 0.25) is 0 Å². The van der Waals surface area contributed by atoms with E-state index in [2.05, 4.69) is 24.8 Å². The normalized spacial score (nSPS) is 30.4. The SMILES string of the molecule is CCOc1cccc2c1OC(C)(C)[C@H]1C[C@H]3CN(CCCC(=O)O)CC[C@@H]3O[C@H]21. The Morgan fingerprint density at radius 3 is 2.97 bits per heavy atom. The molecule has 0 spiro atoms. The molecule has 2 fully saturated rings. The van der Waals surface area contributed by atoms with Gasteiger partial charge in [-0.15, -0.1) is 0 Å². The van der Waals surface area contributed by atoms with Crippen molar-refractivity contribution in [2.24, 2.45) is 11.8 Å². The number of ether oxygens (including phenoxy) is 3. The van der Waals surface area contributed by atoms with Crippen molar-refractivity contribution < 1.29 is 24.1 Å². The Bertz CT molecular complexity index is 749. The van der Waals surface area contributed by atoms with Gasteiger partial charge in [0.1, 0.15) is 5.60 Å². The van der Waals surface area contributed by atoms with E-state index in [0.29, 0.717) is 18.9 Å². The number of likely N-dealkylation sites (tertiary alicyclic amines) is 1. The standard InChI is InChI=1S/C23H33NO5/c1-4-27-19-8-5-7-16-21-17(23(2,3)29-22(16)19)13-15-14-24(11-6-9-20(25)26)12-10-18(15)28-21/h5,7-8,15,17-18,21H,4,6,9-14H2,1-3H3,(H,25,26)/t15-,17-,18-,21+/m0/s1. The highest BCUT2D eigenvalue weighted by Crippen LogP contribution is 2.55. The molecular weight excluding hydrogens is 370 g/mol. The van der Waals surface area contributed by atoms with Gasteiger partial charge >= 0.3 is 5.97 Å². The molecule has 29 heavy (non-hydrogen) atoms. The van der Waals surface area contributed by atoms with Gasteiger partial charge in [-0.25, -0.2) is 0 Å². The van der Waals surface area contributed by atoms with Crippen LogP contribution < -0.4 is 9.47 Å². The summed E-state index contributed by atoms with van der Waals surface area (Å²) in [5, 5.41) is 8.89. The van der Waals surface area contributed by atoms with Gasteiger partial charge in [0.15, 0.2) is 11.5 Å². The van der Waals surface area contributed by atoms with Crippen molar-refractivity contribution in [3.05, 3.63) is 23.8 Å². The highest BCUT2D eigenvalue weighted by molar-refractivity contribution is 5.66. The first-order valence-corrected chi connectivity index (χ1v) is 10.9. The molecule has 1 aromatic rings. The van der Waals surface area contributed by atoms with Crippen LogP contribution in [0.15, 0.2) is 18.2 Å². The highest BCUT2D eigenvalue weighted by Gasteiger charge is 2.51. The van der Waals surface area contributed by atoms with E-state index < -0.39 is 5.97 Å². The van der Waals surface area contributed by atoms with Gasteiger partial charge in [0.25, 0.3) is 0 Å². The number of piperidine rings is 1. The van der Waals surface area contributed by atoms with Crippen LogP contribution in [0, 0.1) is 11.8 Å². The molecule has 1 N–H and O–H groups in total. The molecule has 4 rings (SSSR count). The third-order valence-corrected chi connectivity index (χ3v) is 6.73. The van der Waals surface area contributed by atoms with Crippen LogP contribution in [0.1, 0.15) is 58.1 Å². The van der Waals surface area contributed by atoms with Gasteiger partial charge in [-0.3, -0.25) is 4.79 Å². The van der Waals surface area contributed by atoms with Gasteiger partial charge in [-0.2, -0.15) is 0 Å². The lowest BCUT2D eigenvalue weighted by atomic mass is 9.70. The molecule has 4 atom stereocenters. The molecule has 0 bridgehead atoms. The Morgan fingerprint density at radius 1 is 1.38 bits per heavy atom. The first-order chi connectivity index (χ1) is 13.9. The number of carboxylic acids is 1. The number of carboxylic acid groups (broad SMARTS) is 1. The lowest BCUT2D eigenvalue weighted by Gasteiger charge is -2.53. The van der Waals surface area contributed by atoms with Crippen LogP contribution in [0.25, 0.3) is 0 Å². The third-order valence-electron chi connectivity index (χ3n) is 6.73. The van der Waals surface area contributed by atoms with Crippen molar-refractivity contribution in [2.75, 3.05) is 26.2 Å². The minimum Gasteiger partial charge on any atom is -0.490 e. The Morgan fingerprint density at radius 2 is 2.21 bits per heavy atom. The highest BCUT2D eigenvalue weighted by atomic mass is 16.5. The molecule has 0 unspecified atom stereocenters. The van der Waals surface area contributed by atoms with Gasteiger partial charge < -0.3 is 24.2 Å². The molecule has 3 aliphatic heterocycles. The zero-order valence-corrected chi connectivity index (χ0v) is 17.7. The predicted molar refractivity (Wildman–Crippen MR) is 109 cm³/mol. The largest absolute Gasteiger partial charge is 0.490 e. The summed E-state index contributed by atoms with van der Waals surface area (Å²) in [6.45, 7) is 9.73. The fourth-order valence-electron chi connectivity index (χ4n) is 5.29. The average molecular weight is 404 g/mol. The van der Waals surface area contributed by atoms with E-state index in [1.54, 1.807) is 0 Å². The number of fused-ring (bicyclic) bond motifs is 4. The quantitative estimate of drug-likeness (QED) is 0.777. The number of rotatable bonds is 6. The summed E-state index contributed by atoms with van der Waals surface area (Å²) in [5.41, 5.74) is 0.782. The summed E-state index contributed by atoms with van der Waals surface area (Å²) in [4.78, 5) is 13.2. The van der Waals surface area contributed by atoms with Crippen molar-refractivity contribution in [2.45, 2.75) is 64.3 Å². The number of hydrogen-bond acceptors (Lipinski definition) is 5. The van der Waals surface area contributed by atoms with E-state index in [0.717, 1.165) is 49.5 Å². The van der Waals surface area contributed by atoms with Crippen molar-refractivity contribution in [3.63, 3.8) is 0 Å². The molecule has 3 heterocycles. The summed E-state index contributed by atoms with van der Waals surface area (Å²) in [5.74, 6) is 1.68. The van der Waals surface area contributed by atoms with Gasteiger partial charge in [0.05, 0.1) is 18.8 Å². The zero-order chi connectivity index (χ0) is 20.6. The minimum absolute atomic E-state index is 0.0361. The molecule has 1 aromatic carbocycles. The Kier molecular flexibility index (Phi) is 5.76. The molecule has 2 saturated heterocycles. The van der Waals surface area contributed by atoms with Gasteiger partial charge in [-0.1, -0.05) is 12.1 Å². The minimum atomic E-state index is -0.713. The molecule has 160 valence electrons. The fourth-order valence-corrected chi connectivity index (χ4v) is 5.29. The second kappa shape index (κ2) is 8.15. The Labute approximate surface area is 173 Å². The maximum atomic E-state index is 10.8. The average Bonchev–Trinajstić information content (AvgIpc) is 2.67. The Hall–Kier alpha value is -1.79. The van der Waals surface area contributed by atoms with Crippen LogP contribution in [-0.4, -0.2) is 53.9 Å². The van der Waals surface area contributed by atoms with E-state index in [1.165, 1.54) is 0 Å². The lowest BCUT2D eigenvalue weighted by molar-refractivity contribution is -0.187. The summed E-state index contributed by atoms with van der Waals surface area (Å²) < 4.78 is 19.0. The molecule has 3 aliphatic rings. The van der Waals surface area contributed by atoms with Crippen LogP contribution in [0.5, 0.6) is 11.5 Å². The molecule has 0 amide bonds. The molecule has 0 aliphatic carbocycles. The number of para-hydroxylation sites is 1. The van der Waals surface area contributed by atoms with Crippen LogP contribution in [-0.2, 0) is 9.53 Å².